The van der Waals surface area contributed by atoms with E-state index >= 15 is 0 Å². The van der Waals surface area contributed by atoms with Gasteiger partial charge in [0.25, 0.3) is 5.56 Å². The molecule has 2 aromatic carbocycles. The van der Waals surface area contributed by atoms with Crippen LogP contribution in [0.1, 0.15) is 19.4 Å². The molecule has 0 bridgehead atoms. The first kappa shape index (κ1) is 15.2. The van der Waals surface area contributed by atoms with E-state index in [0.717, 1.165) is 28.9 Å². The van der Waals surface area contributed by atoms with Crippen molar-refractivity contribution in [2.45, 2.75) is 20.3 Å². The number of rotatable bonds is 4. The lowest BCUT2D eigenvalue weighted by Gasteiger charge is -2.12. The number of benzene rings is 2. The Labute approximate surface area is 136 Å². The molecule has 0 aliphatic carbocycles. The van der Waals surface area contributed by atoms with Crippen LogP contribution in [0.15, 0.2) is 71.5 Å². The molecule has 3 aromatic rings. The molecule has 116 valence electrons. The maximum Gasteiger partial charge on any atom is 0.274 e. The smallest absolute Gasteiger partial charge is 0.267 e. The van der Waals surface area contributed by atoms with Gasteiger partial charge < -0.3 is 0 Å². The predicted octanol–water partition coefficient (Wildman–Crippen LogP) is 4.10. The second kappa shape index (κ2) is 6.61. The Bertz CT molecular complexity index is 837. The molecule has 23 heavy (non-hydrogen) atoms. The van der Waals surface area contributed by atoms with Gasteiger partial charge in [0.1, 0.15) is 0 Å². The number of nitrogens with zero attached hydrogens (tertiary/aromatic N) is 2. The molecule has 3 nitrogen and oxygen atoms in total. The quantitative estimate of drug-likeness (QED) is 0.727. The van der Waals surface area contributed by atoms with Crippen molar-refractivity contribution in [2.75, 3.05) is 0 Å². The van der Waals surface area contributed by atoms with Gasteiger partial charge in [-0.3, -0.25) is 4.79 Å². The fourth-order valence-electron chi connectivity index (χ4n) is 2.63. The van der Waals surface area contributed by atoms with E-state index in [-0.39, 0.29) is 5.56 Å². The molecular weight excluding hydrogens is 284 g/mol. The van der Waals surface area contributed by atoms with Crippen LogP contribution in [0.2, 0.25) is 0 Å². The van der Waals surface area contributed by atoms with Gasteiger partial charge in [-0.1, -0.05) is 62.4 Å². The van der Waals surface area contributed by atoms with Crippen molar-refractivity contribution in [1.82, 2.24) is 9.78 Å². The zero-order valence-corrected chi connectivity index (χ0v) is 13.4. The van der Waals surface area contributed by atoms with Gasteiger partial charge in [0.15, 0.2) is 0 Å². The topological polar surface area (TPSA) is 34.9 Å². The molecule has 0 N–H and O–H groups in total. The van der Waals surface area contributed by atoms with E-state index in [1.54, 1.807) is 0 Å². The van der Waals surface area contributed by atoms with Gasteiger partial charge in [0, 0.05) is 11.1 Å². The standard InChI is InChI=1S/C20H20N2O/c1-15(2)13-17-14-19(16-9-5-3-6-10-16)21-22(20(17)23)18-11-7-4-8-12-18/h3-12,14-15H,13H2,1-2H3. The maximum atomic E-state index is 12.8. The van der Waals surface area contributed by atoms with Crippen molar-refractivity contribution in [3.63, 3.8) is 0 Å². The van der Waals surface area contributed by atoms with Crippen LogP contribution in [0.3, 0.4) is 0 Å². The third-order valence-electron chi connectivity index (χ3n) is 3.68. The third kappa shape index (κ3) is 3.39. The fourth-order valence-corrected chi connectivity index (χ4v) is 2.63. The van der Waals surface area contributed by atoms with Gasteiger partial charge in [0.2, 0.25) is 0 Å². The van der Waals surface area contributed by atoms with Gasteiger partial charge in [-0.05, 0) is 30.5 Å². The zero-order valence-electron chi connectivity index (χ0n) is 13.4. The van der Waals surface area contributed by atoms with E-state index in [1.165, 1.54) is 4.68 Å². The zero-order chi connectivity index (χ0) is 16.2. The van der Waals surface area contributed by atoms with Crippen molar-refractivity contribution < 1.29 is 0 Å². The molecule has 0 aliphatic rings. The molecule has 0 saturated carbocycles. The first-order valence-corrected chi connectivity index (χ1v) is 7.89. The molecule has 0 unspecified atom stereocenters. The van der Waals surface area contributed by atoms with Crippen LogP contribution in [-0.2, 0) is 6.42 Å². The van der Waals surface area contributed by atoms with E-state index < -0.39 is 0 Å². The largest absolute Gasteiger partial charge is 0.274 e. The summed E-state index contributed by atoms with van der Waals surface area (Å²) >= 11 is 0. The second-order valence-electron chi connectivity index (χ2n) is 6.07. The Morgan fingerprint density at radius 3 is 2.17 bits per heavy atom. The maximum absolute atomic E-state index is 12.8. The Balaban J connectivity index is 2.21. The monoisotopic (exact) mass is 304 g/mol. The number of para-hydroxylation sites is 1. The van der Waals surface area contributed by atoms with Crippen LogP contribution in [0.4, 0.5) is 0 Å². The number of hydrogen-bond acceptors (Lipinski definition) is 2. The molecule has 1 heterocycles. The first-order chi connectivity index (χ1) is 11.1. The molecule has 0 atom stereocenters. The summed E-state index contributed by atoms with van der Waals surface area (Å²) in [6.45, 7) is 4.24. The lowest BCUT2D eigenvalue weighted by molar-refractivity contribution is 0.633. The molecule has 0 radical (unpaired) electrons. The van der Waals surface area contributed by atoms with Crippen LogP contribution in [0.5, 0.6) is 0 Å². The lowest BCUT2D eigenvalue weighted by Crippen LogP contribution is -2.26. The van der Waals surface area contributed by atoms with Crippen molar-refractivity contribution in [1.29, 1.82) is 0 Å². The summed E-state index contributed by atoms with van der Waals surface area (Å²) < 4.78 is 1.51. The number of hydrogen-bond donors (Lipinski definition) is 0. The Morgan fingerprint density at radius 1 is 0.957 bits per heavy atom. The minimum atomic E-state index is -0.0374. The van der Waals surface area contributed by atoms with Crippen LogP contribution in [0.25, 0.3) is 16.9 Å². The van der Waals surface area contributed by atoms with Gasteiger partial charge in [0.05, 0.1) is 11.4 Å². The molecule has 0 aliphatic heterocycles. The average Bonchev–Trinajstić information content (AvgIpc) is 2.58. The summed E-state index contributed by atoms with van der Waals surface area (Å²) in [5.74, 6) is 0.415. The fraction of sp³-hybridized carbons (Fsp3) is 0.200. The first-order valence-electron chi connectivity index (χ1n) is 7.89. The van der Waals surface area contributed by atoms with E-state index in [2.05, 4.69) is 18.9 Å². The summed E-state index contributed by atoms with van der Waals surface area (Å²) in [5, 5.41) is 4.58. The third-order valence-corrected chi connectivity index (χ3v) is 3.68. The highest BCUT2D eigenvalue weighted by molar-refractivity contribution is 5.59. The molecule has 0 spiro atoms. The van der Waals surface area contributed by atoms with Gasteiger partial charge in [-0.25, -0.2) is 0 Å². The highest BCUT2D eigenvalue weighted by atomic mass is 16.1. The summed E-state index contributed by atoms with van der Waals surface area (Å²) in [6.07, 6.45) is 0.744. The molecule has 1 aromatic heterocycles. The summed E-state index contributed by atoms with van der Waals surface area (Å²) in [6, 6.07) is 21.5. The molecule has 0 fully saturated rings. The highest BCUT2D eigenvalue weighted by Gasteiger charge is 2.12. The highest BCUT2D eigenvalue weighted by Crippen LogP contribution is 2.18. The molecule has 3 rings (SSSR count). The van der Waals surface area contributed by atoms with Crippen LogP contribution in [-0.4, -0.2) is 9.78 Å². The second-order valence-corrected chi connectivity index (χ2v) is 6.07. The minimum Gasteiger partial charge on any atom is -0.267 e. The van der Waals surface area contributed by atoms with Gasteiger partial charge in [-0.15, -0.1) is 0 Å². The summed E-state index contributed by atoms with van der Waals surface area (Å²) in [5.41, 5.74) is 3.40. The van der Waals surface area contributed by atoms with Crippen molar-refractivity contribution in [2.24, 2.45) is 5.92 Å². The van der Waals surface area contributed by atoms with Crippen LogP contribution < -0.4 is 5.56 Å². The van der Waals surface area contributed by atoms with Crippen molar-refractivity contribution in [3.05, 3.63) is 82.6 Å². The van der Waals surface area contributed by atoms with Crippen LogP contribution >= 0.6 is 0 Å². The molecular formula is C20H20N2O. The Kier molecular flexibility index (Phi) is 4.38. The van der Waals surface area contributed by atoms with E-state index in [1.807, 2.05) is 66.7 Å². The van der Waals surface area contributed by atoms with E-state index in [0.29, 0.717) is 5.92 Å². The van der Waals surface area contributed by atoms with Crippen molar-refractivity contribution in [3.8, 4) is 16.9 Å². The van der Waals surface area contributed by atoms with Gasteiger partial charge >= 0.3 is 0 Å². The van der Waals surface area contributed by atoms with E-state index in [4.69, 9.17) is 0 Å². The van der Waals surface area contributed by atoms with Crippen LogP contribution in [0, 0.1) is 5.92 Å². The normalized spacial score (nSPS) is 10.9. The van der Waals surface area contributed by atoms with Gasteiger partial charge in [-0.2, -0.15) is 9.78 Å². The Morgan fingerprint density at radius 2 is 1.57 bits per heavy atom. The lowest BCUT2D eigenvalue weighted by atomic mass is 10.0. The molecule has 0 saturated heterocycles. The predicted molar refractivity (Wildman–Crippen MR) is 93.8 cm³/mol. The summed E-state index contributed by atoms with van der Waals surface area (Å²) in [7, 11) is 0. The Hall–Kier alpha value is -2.68. The average molecular weight is 304 g/mol. The number of aromatic nitrogens is 2. The molecule has 3 heteroatoms. The SMILES string of the molecule is CC(C)Cc1cc(-c2ccccc2)nn(-c2ccccc2)c1=O. The molecule has 0 amide bonds. The van der Waals surface area contributed by atoms with E-state index in [9.17, 15) is 4.79 Å². The minimum absolute atomic E-state index is 0.0374. The summed E-state index contributed by atoms with van der Waals surface area (Å²) in [4.78, 5) is 12.8. The van der Waals surface area contributed by atoms with Crippen molar-refractivity contribution >= 4 is 0 Å².